The number of benzene rings is 2. The molecular formula is C28H26N2O4. The number of aromatic nitrogens is 1. The number of carbonyl (C=O) groups is 1. The number of fused-ring (bicyclic) bond motifs is 2. The summed E-state index contributed by atoms with van der Waals surface area (Å²) >= 11 is 0. The first-order chi connectivity index (χ1) is 16.5. The summed E-state index contributed by atoms with van der Waals surface area (Å²) in [5, 5.41) is 0.500. The Balaban J connectivity index is 1.68. The third-order valence-corrected chi connectivity index (χ3v) is 6.14. The Kier molecular flexibility index (Phi) is 5.65. The number of hydrogen-bond donors (Lipinski definition) is 0. The van der Waals surface area contributed by atoms with Crippen molar-refractivity contribution in [3.8, 4) is 5.75 Å². The van der Waals surface area contributed by atoms with Gasteiger partial charge in [0.25, 0.3) is 5.91 Å². The van der Waals surface area contributed by atoms with Crippen LogP contribution in [0.3, 0.4) is 0 Å². The second kappa shape index (κ2) is 8.78. The predicted molar refractivity (Wildman–Crippen MR) is 130 cm³/mol. The quantitative estimate of drug-likeness (QED) is 0.393. The molecule has 3 heterocycles. The first-order valence-corrected chi connectivity index (χ1v) is 11.5. The number of rotatable bonds is 6. The number of aryl methyl sites for hydroxylation is 2. The molecule has 0 aliphatic carbocycles. The maximum Gasteiger partial charge on any atom is 0.291 e. The van der Waals surface area contributed by atoms with Crippen LogP contribution in [0.2, 0.25) is 0 Å². The highest BCUT2D eigenvalue weighted by Crippen LogP contribution is 2.40. The monoisotopic (exact) mass is 454 g/mol. The zero-order valence-electron chi connectivity index (χ0n) is 19.5. The molecule has 4 aromatic rings. The summed E-state index contributed by atoms with van der Waals surface area (Å²) in [7, 11) is 0. The fourth-order valence-corrected chi connectivity index (χ4v) is 4.64. The molecule has 172 valence electrons. The van der Waals surface area contributed by atoms with Crippen LogP contribution in [0.5, 0.6) is 5.75 Å². The van der Waals surface area contributed by atoms with Crippen LogP contribution in [0, 0.1) is 13.8 Å². The van der Waals surface area contributed by atoms with Crippen LogP contribution in [-0.2, 0) is 6.54 Å². The summed E-state index contributed by atoms with van der Waals surface area (Å²) in [6.45, 7) is 6.84. The SMILES string of the molecule is CCCOc1ccc(C2c3c(oc4c(C)cc(C)cc4c3=O)C(=O)N2Cc2cccnc2)cc1. The molecule has 0 fully saturated rings. The number of nitrogens with zero attached hydrogens (tertiary/aromatic N) is 2. The fourth-order valence-electron chi connectivity index (χ4n) is 4.64. The third-order valence-electron chi connectivity index (χ3n) is 6.14. The highest BCUT2D eigenvalue weighted by atomic mass is 16.5. The van der Waals surface area contributed by atoms with E-state index in [1.165, 1.54) is 0 Å². The zero-order valence-corrected chi connectivity index (χ0v) is 19.5. The van der Waals surface area contributed by atoms with E-state index in [0.29, 0.717) is 29.7 Å². The Hall–Kier alpha value is -3.93. The van der Waals surface area contributed by atoms with Gasteiger partial charge in [0.05, 0.1) is 23.6 Å². The molecule has 34 heavy (non-hydrogen) atoms. The standard InChI is InChI=1S/C28H26N2O4/c1-4-12-33-21-9-7-20(8-10-21)24-23-25(31)22-14-17(2)13-18(3)26(22)34-27(23)28(32)30(24)16-19-6-5-11-29-15-19/h5-11,13-15,24H,4,12,16H2,1-3H3. The predicted octanol–water partition coefficient (Wildman–Crippen LogP) is 5.34. The smallest absolute Gasteiger partial charge is 0.291 e. The van der Waals surface area contributed by atoms with Gasteiger partial charge >= 0.3 is 0 Å². The number of hydrogen-bond acceptors (Lipinski definition) is 5. The van der Waals surface area contributed by atoms with Crippen LogP contribution in [0.1, 0.15) is 57.8 Å². The van der Waals surface area contributed by atoms with Gasteiger partial charge in [0.1, 0.15) is 11.3 Å². The van der Waals surface area contributed by atoms with E-state index in [0.717, 1.165) is 34.4 Å². The van der Waals surface area contributed by atoms with Gasteiger partial charge in [-0.1, -0.05) is 31.2 Å². The normalized spacial score (nSPS) is 15.1. The summed E-state index contributed by atoms with van der Waals surface area (Å²) in [6, 6.07) is 14.6. The molecule has 2 aromatic heterocycles. The zero-order chi connectivity index (χ0) is 23.8. The van der Waals surface area contributed by atoms with E-state index in [9.17, 15) is 9.59 Å². The average molecular weight is 455 g/mol. The highest BCUT2D eigenvalue weighted by Gasteiger charge is 2.42. The minimum absolute atomic E-state index is 0.115. The van der Waals surface area contributed by atoms with Crippen LogP contribution in [0.4, 0.5) is 0 Å². The van der Waals surface area contributed by atoms with Gasteiger partial charge in [0, 0.05) is 18.9 Å². The molecule has 0 bridgehead atoms. The van der Waals surface area contributed by atoms with Gasteiger partial charge in [-0.05, 0) is 66.8 Å². The summed E-state index contributed by atoms with van der Waals surface area (Å²) in [5.74, 6) is 0.574. The van der Waals surface area contributed by atoms with Crippen molar-refractivity contribution in [2.45, 2.75) is 39.8 Å². The average Bonchev–Trinajstić information content (AvgIpc) is 3.11. The second-order valence-electron chi connectivity index (χ2n) is 8.75. The van der Waals surface area contributed by atoms with Crippen molar-refractivity contribution in [1.82, 2.24) is 9.88 Å². The van der Waals surface area contributed by atoms with Crippen molar-refractivity contribution in [1.29, 1.82) is 0 Å². The number of carbonyl (C=O) groups excluding carboxylic acids is 1. The Morgan fingerprint density at radius 1 is 1.09 bits per heavy atom. The lowest BCUT2D eigenvalue weighted by Gasteiger charge is -2.25. The molecule has 0 saturated heterocycles. The molecule has 2 aromatic carbocycles. The summed E-state index contributed by atoms with van der Waals surface area (Å²) in [4.78, 5) is 33.3. The van der Waals surface area contributed by atoms with Gasteiger partial charge in [-0.2, -0.15) is 0 Å². The molecular weight excluding hydrogens is 428 g/mol. The maximum absolute atomic E-state index is 13.8. The summed E-state index contributed by atoms with van der Waals surface area (Å²) in [5.41, 5.74) is 4.20. The molecule has 1 unspecified atom stereocenters. The van der Waals surface area contributed by atoms with Crippen molar-refractivity contribution in [2.24, 2.45) is 0 Å². The summed E-state index contributed by atoms with van der Waals surface area (Å²) in [6.07, 6.45) is 4.34. The van der Waals surface area contributed by atoms with Crippen LogP contribution >= 0.6 is 0 Å². The molecule has 1 aliphatic rings. The fraction of sp³-hybridized carbons (Fsp3) is 0.250. The molecule has 1 amide bonds. The lowest BCUT2D eigenvalue weighted by atomic mass is 9.97. The lowest BCUT2D eigenvalue weighted by molar-refractivity contribution is 0.0714. The van der Waals surface area contributed by atoms with Crippen molar-refractivity contribution < 1.29 is 13.9 Å². The first-order valence-electron chi connectivity index (χ1n) is 11.5. The molecule has 0 spiro atoms. The third kappa shape index (κ3) is 3.75. The van der Waals surface area contributed by atoms with Gasteiger partial charge in [-0.3, -0.25) is 14.6 Å². The van der Waals surface area contributed by atoms with E-state index in [2.05, 4.69) is 11.9 Å². The molecule has 6 nitrogen and oxygen atoms in total. The Bertz CT molecular complexity index is 1430. The molecule has 1 atom stereocenters. The first kappa shape index (κ1) is 21.9. The van der Waals surface area contributed by atoms with Gasteiger partial charge in [0.15, 0.2) is 5.43 Å². The Morgan fingerprint density at radius 2 is 1.88 bits per heavy atom. The van der Waals surface area contributed by atoms with Crippen LogP contribution in [0.25, 0.3) is 11.0 Å². The van der Waals surface area contributed by atoms with Gasteiger partial charge in [0.2, 0.25) is 5.76 Å². The van der Waals surface area contributed by atoms with E-state index >= 15 is 0 Å². The largest absolute Gasteiger partial charge is 0.494 e. The summed E-state index contributed by atoms with van der Waals surface area (Å²) < 4.78 is 11.9. The lowest BCUT2D eigenvalue weighted by Crippen LogP contribution is -2.29. The molecule has 6 heteroatoms. The van der Waals surface area contributed by atoms with Crippen LogP contribution < -0.4 is 10.2 Å². The number of ether oxygens (including phenoxy) is 1. The second-order valence-corrected chi connectivity index (χ2v) is 8.75. The van der Waals surface area contributed by atoms with Gasteiger partial charge in [-0.15, -0.1) is 0 Å². The maximum atomic E-state index is 13.8. The number of pyridine rings is 1. The number of amides is 1. The van der Waals surface area contributed by atoms with E-state index in [1.807, 2.05) is 62.4 Å². The van der Waals surface area contributed by atoms with Crippen molar-refractivity contribution in [2.75, 3.05) is 6.61 Å². The van der Waals surface area contributed by atoms with E-state index in [-0.39, 0.29) is 17.1 Å². The molecule has 1 aliphatic heterocycles. The van der Waals surface area contributed by atoms with Crippen molar-refractivity contribution in [3.05, 3.63) is 105 Å². The minimum atomic E-state index is -0.565. The van der Waals surface area contributed by atoms with Crippen molar-refractivity contribution >= 4 is 16.9 Å². The molecule has 5 rings (SSSR count). The van der Waals surface area contributed by atoms with Crippen molar-refractivity contribution in [3.63, 3.8) is 0 Å². The molecule has 0 N–H and O–H groups in total. The minimum Gasteiger partial charge on any atom is -0.494 e. The highest BCUT2D eigenvalue weighted by molar-refractivity contribution is 5.99. The van der Waals surface area contributed by atoms with E-state index < -0.39 is 6.04 Å². The van der Waals surface area contributed by atoms with Crippen LogP contribution in [-0.4, -0.2) is 22.4 Å². The van der Waals surface area contributed by atoms with Gasteiger partial charge < -0.3 is 14.1 Å². The van der Waals surface area contributed by atoms with E-state index in [1.54, 1.807) is 17.3 Å². The van der Waals surface area contributed by atoms with Crippen LogP contribution in [0.15, 0.2) is 70.1 Å². The van der Waals surface area contributed by atoms with Gasteiger partial charge in [-0.25, -0.2) is 0 Å². The van der Waals surface area contributed by atoms with E-state index in [4.69, 9.17) is 9.15 Å². The Morgan fingerprint density at radius 3 is 2.59 bits per heavy atom. The topological polar surface area (TPSA) is 72.6 Å². The molecule has 0 radical (unpaired) electrons. The Labute approximate surface area is 197 Å². The molecule has 0 saturated carbocycles.